The molecule has 1 saturated carbocycles. The fourth-order valence-electron chi connectivity index (χ4n) is 3.22. The predicted molar refractivity (Wildman–Crippen MR) is 88.7 cm³/mol. The number of aromatic nitrogens is 1. The summed E-state index contributed by atoms with van der Waals surface area (Å²) in [7, 11) is 1.68. The molecular weight excluding hydrogens is 284 g/mol. The van der Waals surface area contributed by atoms with E-state index in [1.54, 1.807) is 7.11 Å². The number of nitrogens with one attached hydrogen (secondary N) is 1. The lowest BCUT2D eigenvalue weighted by Crippen LogP contribution is -2.04. The van der Waals surface area contributed by atoms with Gasteiger partial charge in [-0.2, -0.15) is 0 Å². The summed E-state index contributed by atoms with van der Waals surface area (Å²) in [6.07, 6.45) is 5.06. The van der Waals surface area contributed by atoms with Gasteiger partial charge < -0.3 is 10.1 Å². The quantitative estimate of drug-likeness (QED) is 0.864. The van der Waals surface area contributed by atoms with Crippen LogP contribution in [0.25, 0.3) is 10.9 Å². The molecule has 0 spiro atoms. The van der Waals surface area contributed by atoms with Gasteiger partial charge in [-0.05, 0) is 38.0 Å². The van der Waals surface area contributed by atoms with Crippen molar-refractivity contribution >= 4 is 28.2 Å². The van der Waals surface area contributed by atoms with Crippen molar-refractivity contribution in [1.29, 1.82) is 0 Å². The number of benzene rings is 1. The van der Waals surface area contributed by atoms with Crippen LogP contribution in [-0.2, 0) is 0 Å². The summed E-state index contributed by atoms with van der Waals surface area (Å²) in [5.41, 5.74) is 3.09. The highest BCUT2D eigenvalue weighted by Gasteiger charge is 2.21. The summed E-state index contributed by atoms with van der Waals surface area (Å²) in [5, 5.41) is 5.10. The first kappa shape index (κ1) is 14.5. The van der Waals surface area contributed by atoms with Crippen molar-refractivity contribution in [2.45, 2.75) is 38.5 Å². The van der Waals surface area contributed by atoms with Gasteiger partial charge in [-0.25, -0.2) is 4.98 Å². The second-order valence-corrected chi connectivity index (χ2v) is 5.99. The Labute approximate surface area is 130 Å². The van der Waals surface area contributed by atoms with Crippen LogP contribution in [0.4, 0.5) is 5.69 Å². The molecule has 0 amide bonds. The zero-order valence-electron chi connectivity index (χ0n) is 12.6. The largest absolute Gasteiger partial charge is 0.494 e. The molecule has 1 aromatic carbocycles. The normalized spacial score (nSPS) is 15.6. The summed E-state index contributed by atoms with van der Waals surface area (Å²) in [6.45, 7) is 2.95. The molecule has 1 fully saturated rings. The Hall–Kier alpha value is -1.48. The third-order valence-corrected chi connectivity index (χ3v) is 4.57. The van der Waals surface area contributed by atoms with Crippen molar-refractivity contribution in [3.8, 4) is 5.75 Å². The third kappa shape index (κ3) is 2.67. The lowest BCUT2D eigenvalue weighted by Gasteiger charge is -2.16. The van der Waals surface area contributed by atoms with Crippen LogP contribution in [0.15, 0.2) is 18.2 Å². The van der Waals surface area contributed by atoms with Crippen molar-refractivity contribution in [2.24, 2.45) is 0 Å². The SMILES string of the molecule is CCNc1cc(C2CCCC2)nc2c(OC)ccc(Cl)c12. The standard InChI is InChI=1S/C17H21ClN2O/c1-3-19-14-10-13(11-6-4-5-7-11)20-17-15(21-2)9-8-12(18)16(14)17/h8-11H,3-7H2,1-2H3,(H,19,20). The fourth-order valence-corrected chi connectivity index (χ4v) is 3.48. The molecule has 1 heterocycles. The lowest BCUT2D eigenvalue weighted by atomic mass is 10.0. The number of methoxy groups -OCH3 is 1. The van der Waals surface area contributed by atoms with Crippen molar-refractivity contribution in [1.82, 2.24) is 4.98 Å². The van der Waals surface area contributed by atoms with Crippen molar-refractivity contribution < 1.29 is 4.74 Å². The minimum absolute atomic E-state index is 0.565. The Kier molecular flexibility index (Phi) is 4.20. The lowest BCUT2D eigenvalue weighted by molar-refractivity contribution is 0.418. The van der Waals surface area contributed by atoms with Gasteiger partial charge in [0.05, 0.1) is 12.1 Å². The fraction of sp³-hybridized carbons (Fsp3) is 0.471. The molecule has 0 bridgehead atoms. The van der Waals surface area contributed by atoms with Gasteiger partial charge in [0.15, 0.2) is 0 Å². The molecule has 0 aliphatic heterocycles. The smallest absolute Gasteiger partial charge is 0.145 e. The number of rotatable bonds is 4. The van der Waals surface area contributed by atoms with Gasteiger partial charge in [0, 0.05) is 29.2 Å². The molecule has 1 aromatic heterocycles. The molecule has 3 nitrogen and oxygen atoms in total. The maximum Gasteiger partial charge on any atom is 0.145 e. The maximum atomic E-state index is 6.40. The summed E-state index contributed by atoms with van der Waals surface area (Å²) in [5.74, 6) is 1.35. The number of halogens is 1. The van der Waals surface area contributed by atoms with E-state index in [9.17, 15) is 0 Å². The molecule has 3 rings (SSSR count). The van der Waals surface area contributed by atoms with E-state index in [1.165, 1.54) is 25.7 Å². The third-order valence-electron chi connectivity index (χ3n) is 4.25. The molecule has 112 valence electrons. The van der Waals surface area contributed by atoms with E-state index in [0.717, 1.165) is 34.6 Å². The molecule has 0 radical (unpaired) electrons. The van der Waals surface area contributed by atoms with Gasteiger partial charge in [0.25, 0.3) is 0 Å². The predicted octanol–water partition coefficient (Wildman–Crippen LogP) is 4.99. The minimum Gasteiger partial charge on any atom is -0.494 e. The number of anilines is 1. The van der Waals surface area contributed by atoms with Gasteiger partial charge in [-0.1, -0.05) is 24.4 Å². The monoisotopic (exact) mass is 304 g/mol. The van der Waals surface area contributed by atoms with Crippen LogP contribution in [0.1, 0.15) is 44.2 Å². The van der Waals surface area contributed by atoms with E-state index < -0.39 is 0 Å². The van der Waals surface area contributed by atoms with Crippen LogP contribution in [0.2, 0.25) is 5.02 Å². The van der Waals surface area contributed by atoms with Crippen LogP contribution in [-0.4, -0.2) is 18.6 Å². The van der Waals surface area contributed by atoms with Crippen LogP contribution >= 0.6 is 11.6 Å². The molecule has 0 atom stereocenters. The molecule has 1 N–H and O–H groups in total. The van der Waals surface area contributed by atoms with Crippen LogP contribution < -0.4 is 10.1 Å². The number of nitrogens with zero attached hydrogens (tertiary/aromatic N) is 1. The van der Waals surface area contributed by atoms with Crippen LogP contribution in [0.5, 0.6) is 5.75 Å². The first-order valence-electron chi connectivity index (χ1n) is 7.65. The van der Waals surface area contributed by atoms with Crippen molar-refractivity contribution in [3.63, 3.8) is 0 Å². The Morgan fingerprint density at radius 2 is 2.10 bits per heavy atom. The van der Waals surface area contributed by atoms with Gasteiger partial charge in [0.1, 0.15) is 11.3 Å². The van der Waals surface area contributed by atoms with Crippen molar-refractivity contribution in [2.75, 3.05) is 19.0 Å². The molecule has 1 aliphatic carbocycles. The average Bonchev–Trinajstić information content (AvgIpc) is 3.02. The van der Waals surface area contributed by atoms with Gasteiger partial charge >= 0.3 is 0 Å². The topological polar surface area (TPSA) is 34.2 Å². The number of ether oxygens (including phenoxy) is 1. The zero-order valence-corrected chi connectivity index (χ0v) is 13.3. The molecular formula is C17H21ClN2O. The van der Waals surface area contributed by atoms with Gasteiger partial charge in [-0.3, -0.25) is 0 Å². The number of hydrogen-bond donors (Lipinski definition) is 1. The first-order chi connectivity index (χ1) is 10.2. The Balaban J connectivity index is 2.23. The van der Waals surface area contributed by atoms with Gasteiger partial charge in [-0.15, -0.1) is 0 Å². The second-order valence-electron chi connectivity index (χ2n) is 5.58. The van der Waals surface area contributed by atoms with Gasteiger partial charge in [0.2, 0.25) is 0 Å². The Bertz CT molecular complexity index is 651. The van der Waals surface area contributed by atoms with E-state index in [2.05, 4.69) is 18.3 Å². The molecule has 2 aromatic rings. The summed E-state index contributed by atoms with van der Waals surface area (Å²) in [6, 6.07) is 5.94. The first-order valence-corrected chi connectivity index (χ1v) is 8.03. The van der Waals surface area contributed by atoms with Crippen LogP contribution in [0, 0.1) is 0 Å². The Morgan fingerprint density at radius 3 is 2.76 bits per heavy atom. The molecule has 4 heteroatoms. The number of pyridine rings is 1. The molecule has 1 aliphatic rings. The van der Waals surface area contributed by atoms with E-state index in [0.29, 0.717) is 10.9 Å². The van der Waals surface area contributed by atoms with Crippen molar-refractivity contribution in [3.05, 3.63) is 28.9 Å². The minimum atomic E-state index is 0.565. The van der Waals surface area contributed by atoms with E-state index in [-0.39, 0.29) is 0 Å². The Morgan fingerprint density at radius 1 is 1.33 bits per heavy atom. The molecule has 0 unspecified atom stereocenters. The maximum absolute atomic E-state index is 6.40. The highest BCUT2D eigenvalue weighted by atomic mass is 35.5. The number of fused-ring (bicyclic) bond motifs is 1. The summed E-state index contributed by atoms with van der Waals surface area (Å²) < 4.78 is 5.48. The number of hydrogen-bond acceptors (Lipinski definition) is 3. The summed E-state index contributed by atoms with van der Waals surface area (Å²) >= 11 is 6.40. The van der Waals surface area contributed by atoms with E-state index >= 15 is 0 Å². The molecule has 21 heavy (non-hydrogen) atoms. The second kappa shape index (κ2) is 6.10. The van der Waals surface area contributed by atoms with Crippen LogP contribution in [0.3, 0.4) is 0 Å². The highest BCUT2D eigenvalue weighted by Crippen LogP contribution is 2.40. The average molecular weight is 305 g/mol. The van der Waals surface area contributed by atoms with E-state index in [4.69, 9.17) is 21.3 Å². The van der Waals surface area contributed by atoms with E-state index in [1.807, 2.05) is 12.1 Å². The highest BCUT2D eigenvalue weighted by molar-refractivity contribution is 6.36. The zero-order chi connectivity index (χ0) is 14.8. The molecule has 0 saturated heterocycles. The summed E-state index contributed by atoms with van der Waals surface area (Å²) in [4.78, 5) is 4.88.